The van der Waals surface area contributed by atoms with Crippen LogP contribution in [0.4, 0.5) is 0 Å². The van der Waals surface area contributed by atoms with Gasteiger partial charge in [0.1, 0.15) is 12.4 Å². The SMILES string of the molecule is CCNCC1NNC(c2ccc(OCC3CCCO3)cc2)C1C. The number of ether oxygens (including phenoxy) is 2. The molecule has 23 heavy (non-hydrogen) atoms. The van der Waals surface area contributed by atoms with E-state index < -0.39 is 0 Å². The van der Waals surface area contributed by atoms with Crippen LogP contribution in [0.25, 0.3) is 0 Å². The van der Waals surface area contributed by atoms with Gasteiger partial charge in [-0.15, -0.1) is 0 Å². The molecule has 5 nitrogen and oxygen atoms in total. The van der Waals surface area contributed by atoms with Crippen LogP contribution < -0.4 is 20.9 Å². The monoisotopic (exact) mass is 319 g/mol. The van der Waals surface area contributed by atoms with Gasteiger partial charge in [-0.2, -0.15) is 0 Å². The van der Waals surface area contributed by atoms with Gasteiger partial charge in [0, 0.05) is 19.2 Å². The first-order valence-corrected chi connectivity index (χ1v) is 8.84. The number of nitrogens with one attached hydrogen (secondary N) is 3. The molecular formula is C18H29N3O2. The molecule has 4 atom stereocenters. The molecule has 3 N–H and O–H groups in total. The highest BCUT2D eigenvalue weighted by Crippen LogP contribution is 2.29. The number of likely N-dealkylation sites (N-methyl/N-ethyl adjacent to an activating group) is 1. The zero-order valence-corrected chi connectivity index (χ0v) is 14.2. The molecule has 2 aliphatic heterocycles. The number of rotatable bonds is 7. The van der Waals surface area contributed by atoms with Crippen molar-refractivity contribution < 1.29 is 9.47 Å². The molecule has 0 radical (unpaired) electrons. The molecule has 0 saturated carbocycles. The van der Waals surface area contributed by atoms with Crippen molar-refractivity contribution in [2.24, 2.45) is 5.92 Å². The quantitative estimate of drug-likeness (QED) is 0.718. The highest BCUT2D eigenvalue weighted by Gasteiger charge is 2.32. The van der Waals surface area contributed by atoms with Crippen LogP contribution >= 0.6 is 0 Å². The summed E-state index contributed by atoms with van der Waals surface area (Å²) in [6.07, 6.45) is 2.53. The summed E-state index contributed by atoms with van der Waals surface area (Å²) in [5.74, 6) is 1.46. The fourth-order valence-electron chi connectivity index (χ4n) is 3.35. The minimum absolute atomic E-state index is 0.266. The lowest BCUT2D eigenvalue weighted by Crippen LogP contribution is -2.39. The third-order valence-corrected chi connectivity index (χ3v) is 4.90. The summed E-state index contributed by atoms with van der Waals surface area (Å²) in [7, 11) is 0. The fraction of sp³-hybridized carbons (Fsp3) is 0.667. The zero-order valence-electron chi connectivity index (χ0n) is 14.2. The molecule has 0 amide bonds. The first-order valence-electron chi connectivity index (χ1n) is 8.84. The van der Waals surface area contributed by atoms with Crippen molar-refractivity contribution in [3.63, 3.8) is 0 Å². The molecule has 2 heterocycles. The van der Waals surface area contributed by atoms with E-state index in [2.05, 4.69) is 54.3 Å². The van der Waals surface area contributed by atoms with Crippen LogP contribution in [0.15, 0.2) is 24.3 Å². The second-order valence-corrected chi connectivity index (χ2v) is 6.55. The van der Waals surface area contributed by atoms with Crippen molar-refractivity contribution in [2.45, 2.75) is 44.9 Å². The maximum atomic E-state index is 5.84. The van der Waals surface area contributed by atoms with Gasteiger partial charge in [0.2, 0.25) is 0 Å². The van der Waals surface area contributed by atoms with Gasteiger partial charge in [0.15, 0.2) is 0 Å². The molecule has 2 aliphatic rings. The van der Waals surface area contributed by atoms with Crippen LogP contribution in [0.2, 0.25) is 0 Å². The predicted molar refractivity (Wildman–Crippen MR) is 91.4 cm³/mol. The third-order valence-electron chi connectivity index (χ3n) is 4.90. The molecule has 1 aromatic rings. The molecule has 0 bridgehead atoms. The van der Waals surface area contributed by atoms with E-state index in [0.29, 0.717) is 24.6 Å². The Labute approximate surface area is 139 Å². The Bertz CT molecular complexity index is 474. The zero-order chi connectivity index (χ0) is 16.1. The van der Waals surface area contributed by atoms with Crippen LogP contribution in [0.5, 0.6) is 5.75 Å². The van der Waals surface area contributed by atoms with E-state index in [-0.39, 0.29) is 6.10 Å². The van der Waals surface area contributed by atoms with Crippen molar-refractivity contribution in [2.75, 3.05) is 26.3 Å². The van der Waals surface area contributed by atoms with Gasteiger partial charge >= 0.3 is 0 Å². The van der Waals surface area contributed by atoms with Crippen molar-refractivity contribution in [1.82, 2.24) is 16.2 Å². The second kappa shape index (κ2) is 8.11. The van der Waals surface area contributed by atoms with Gasteiger partial charge in [-0.1, -0.05) is 26.0 Å². The number of hydrazine groups is 1. The Kier molecular flexibility index (Phi) is 5.89. The average Bonchev–Trinajstić information content (AvgIpc) is 3.22. The van der Waals surface area contributed by atoms with Crippen LogP contribution in [-0.2, 0) is 4.74 Å². The van der Waals surface area contributed by atoms with E-state index >= 15 is 0 Å². The molecule has 0 aromatic heterocycles. The van der Waals surface area contributed by atoms with Crippen molar-refractivity contribution in [3.8, 4) is 5.75 Å². The predicted octanol–water partition coefficient (Wildman–Crippen LogP) is 2.01. The summed E-state index contributed by atoms with van der Waals surface area (Å²) in [6, 6.07) is 9.25. The maximum absolute atomic E-state index is 5.84. The van der Waals surface area contributed by atoms with E-state index in [0.717, 1.165) is 38.3 Å². The van der Waals surface area contributed by atoms with E-state index in [1.54, 1.807) is 0 Å². The van der Waals surface area contributed by atoms with E-state index in [1.165, 1.54) is 5.56 Å². The highest BCUT2D eigenvalue weighted by molar-refractivity contribution is 5.30. The van der Waals surface area contributed by atoms with Gasteiger partial charge in [-0.3, -0.25) is 5.43 Å². The minimum atomic E-state index is 0.266. The third kappa shape index (κ3) is 4.23. The van der Waals surface area contributed by atoms with Crippen LogP contribution in [0.3, 0.4) is 0 Å². The standard InChI is InChI=1S/C18H29N3O2/c1-3-19-11-17-13(2)18(21-20-17)14-6-8-15(9-7-14)23-12-16-5-4-10-22-16/h6-9,13,16-21H,3-5,10-12H2,1-2H3. The summed E-state index contributed by atoms with van der Waals surface area (Å²) < 4.78 is 11.4. The lowest BCUT2D eigenvalue weighted by atomic mass is 9.91. The fourth-order valence-corrected chi connectivity index (χ4v) is 3.35. The second-order valence-electron chi connectivity index (χ2n) is 6.55. The van der Waals surface area contributed by atoms with Crippen LogP contribution in [-0.4, -0.2) is 38.4 Å². The maximum Gasteiger partial charge on any atom is 0.119 e. The largest absolute Gasteiger partial charge is 0.491 e. The lowest BCUT2D eigenvalue weighted by Gasteiger charge is -2.19. The van der Waals surface area contributed by atoms with E-state index in [1.807, 2.05) is 0 Å². The topological polar surface area (TPSA) is 54.5 Å². The average molecular weight is 319 g/mol. The molecule has 128 valence electrons. The molecular weight excluding hydrogens is 290 g/mol. The minimum Gasteiger partial charge on any atom is -0.491 e. The molecule has 2 fully saturated rings. The normalized spacial score (nSPS) is 30.7. The van der Waals surface area contributed by atoms with Gasteiger partial charge < -0.3 is 14.8 Å². The summed E-state index contributed by atoms with van der Waals surface area (Å²) in [5.41, 5.74) is 8.13. The van der Waals surface area contributed by atoms with Gasteiger partial charge in [-0.25, -0.2) is 5.43 Å². The van der Waals surface area contributed by atoms with Crippen molar-refractivity contribution >= 4 is 0 Å². The Morgan fingerprint density at radius 1 is 1.26 bits per heavy atom. The number of hydrogen-bond acceptors (Lipinski definition) is 5. The van der Waals surface area contributed by atoms with Gasteiger partial charge in [0.05, 0.1) is 12.1 Å². The Morgan fingerprint density at radius 2 is 2.09 bits per heavy atom. The smallest absolute Gasteiger partial charge is 0.119 e. The first-order chi connectivity index (χ1) is 11.3. The van der Waals surface area contributed by atoms with Gasteiger partial charge in [0.25, 0.3) is 0 Å². The van der Waals surface area contributed by atoms with Crippen molar-refractivity contribution in [3.05, 3.63) is 29.8 Å². The molecule has 0 spiro atoms. The Morgan fingerprint density at radius 3 is 2.78 bits per heavy atom. The van der Waals surface area contributed by atoms with Crippen LogP contribution in [0, 0.1) is 5.92 Å². The molecule has 0 aliphatic carbocycles. The number of benzene rings is 1. The summed E-state index contributed by atoms with van der Waals surface area (Å²) in [6.45, 7) is 7.96. The number of hydrogen-bond donors (Lipinski definition) is 3. The molecule has 1 aromatic carbocycles. The van der Waals surface area contributed by atoms with Crippen molar-refractivity contribution in [1.29, 1.82) is 0 Å². The summed E-state index contributed by atoms with van der Waals surface area (Å²) in [5, 5.41) is 3.41. The molecule has 3 rings (SSSR count). The summed E-state index contributed by atoms with van der Waals surface area (Å²) in [4.78, 5) is 0. The Hall–Kier alpha value is -1.14. The molecule has 2 saturated heterocycles. The first kappa shape index (κ1) is 16.7. The molecule has 4 unspecified atom stereocenters. The van der Waals surface area contributed by atoms with Crippen LogP contribution in [0.1, 0.15) is 38.3 Å². The van der Waals surface area contributed by atoms with Gasteiger partial charge in [-0.05, 0) is 43.0 Å². The Balaban J connectivity index is 1.52. The summed E-state index contributed by atoms with van der Waals surface area (Å²) >= 11 is 0. The van der Waals surface area contributed by atoms with E-state index in [9.17, 15) is 0 Å². The van der Waals surface area contributed by atoms with E-state index in [4.69, 9.17) is 9.47 Å². The highest BCUT2D eigenvalue weighted by atomic mass is 16.5. The lowest BCUT2D eigenvalue weighted by molar-refractivity contribution is 0.0679. The molecule has 5 heteroatoms.